The monoisotopic (exact) mass is 503 g/mol. The van der Waals surface area contributed by atoms with Crippen LogP contribution >= 0.6 is 11.6 Å². The highest BCUT2D eigenvalue weighted by molar-refractivity contribution is 6.31. The normalized spacial score (nSPS) is 14.7. The molecule has 1 aromatic heterocycles. The van der Waals surface area contributed by atoms with Gasteiger partial charge in [-0.2, -0.15) is 0 Å². The summed E-state index contributed by atoms with van der Waals surface area (Å²) < 4.78 is 16.0. The number of esters is 1. The summed E-state index contributed by atoms with van der Waals surface area (Å²) >= 11 is 6.14. The van der Waals surface area contributed by atoms with Gasteiger partial charge in [-0.15, -0.1) is 0 Å². The van der Waals surface area contributed by atoms with Gasteiger partial charge in [0.05, 0.1) is 36.8 Å². The lowest BCUT2D eigenvalue weighted by molar-refractivity contribution is 0.0600. The van der Waals surface area contributed by atoms with Crippen molar-refractivity contribution >= 4 is 34.4 Å². The Kier molecular flexibility index (Phi) is 6.24. The molecule has 5 rings (SSSR count). The Morgan fingerprint density at radius 2 is 1.72 bits per heavy atom. The minimum atomic E-state index is -0.683. The molecule has 1 amide bonds. The van der Waals surface area contributed by atoms with Crippen molar-refractivity contribution in [2.24, 2.45) is 0 Å². The molecule has 0 fully saturated rings. The predicted molar refractivity (Wildman–Crippen MR) is 135 cm³/mol. The number of rotatable bonds is 6. The molecule has 1 aliphatic heterocycles. The standard InChI is InChI=1S/C28H22ClNO6/c1-34-20-10-3-16(4-11-20)13-14-30-24(17-5-7-18(8-6-17)28(33)35-2)23-25(31)21-15-19(29)9-12-22(21)36-26(23)27(30)32/h3-12,15,24H,13-14H2,1-2H3/t24-/m1/s1. The second-order valence-corrected chi connectivity index (χ2v) is 8.86. The third kappa shape index (κ3) is 4.12. The fourth-order valence-electron chi connectivity index (χ4n) is 4.53. The van der Waals surface area contributed by atoms with Gasteiger partial charge in [0.2, 0.25) is 5.76 Å². The van der Waals surface area contributed by atoms with Crippen LogP contribution in [0.5, 0.6) is 5.75 Å². The number of methoxy groups -OCH3 is 2. The van der Waals surface area contributed by atoms with E-state index in [2.05, 4.69) is 0 Å². The van der Waals surface area contributed by atoms with Crippen LogP contribution in [0, 0.1) is 0 Å². The molecule has 3 aromatic carbocycles. The number of carbonyl (C=O) groups excluding carboxylic acids is 2. The Bertz CT molecular complexity index is 1530. The zero-order valence-electron chi connectivity index (χ0n) is 19.6. The Balaban J connectivity index is 1.59. The summed E-state index contributed by atoms with van der Waals surface area (Å²) in [6.07, 6.45) is 0.556. The Labute approximate surface area is 211 Å². The first-order chi connectivity index (χ1) is 17.4. The highest BCUT2D eigenvalue weighted by atomic mass is 35.5. The number of nitrogens with zero attached hydrogens (tertiary/aromatic N) is 1. The van der Waals surface area contributed by atoms with Crippen LogP contribution in [-0.4, -0.2) is 37.5 Å². The molecule has 0 unspecified atom stereocenters. The molecule has 7 nitrogen and oxygen atoms in total. The molecule has 1 aliphatic rings. The Morgan fingerprint density at radius 1 is 1.00 bits per heavy atom. The fourth-order valence-corrected chi connectivity index (χ4v) is 4.70. The van der Waals surface area contributed by atoms with Crippen molar-refractivity contribution in [2.75, 3.05) is 20.8 Å². The van der Waals surface area contributed by atoms with E-state index in [9.17, 15) is 14.4 Å². The molecule has 0 bridgehead atoms. The van der Waals surface area contributed by atoms with E-state index < -0.39 is 12.0 Å². The van der Waals surface area contributed by atoms with Gasteiger partial charge in [-0.3, -0.25) is 9.59 Å². The van der Waals surface area contributed by atoms with Crippen molar-refractivity contribution in [3.63, 3.8) is 0 Å². The number of fused-ring (bicyclic) bond motifs is 2. The number of ether oxygens (including phenoxy) is 2. The minimum absolute atomic E-state index is 0.0200. The SMILES string of the molecule is COC(=O)c1ccc([C@@H]2c3c(oc4ccc(Cl)cc4c3=O)C(=O)N2CCc2ccc(OC)cc2)cc1. The summed E-state index contributed by atoms with van der Waals surface area (Å²) in [6, 6.07) is 18.3. The summed E-state index contributed by atoms with van der Waals surface area (Å²) in [6.45, 7) is 0.343. The largest absolute Gasteiger partial charge is 0.497 e. The second kappa shape index (κ2) is 9.51. The van der Waals surface area contributed by atoms with Gasteiger partial charge in [-0.25, -0.2) is 4.79 Å². The molecule has 182 valence electrons. The van der Waals surface area contributed by atoms with Gasteiger partial charge in [-0.1, -0.05) is 35.9 Å². The third-order valence-electron chi connectivity index (χ3n) is 6.38. The predicted octanol–water partition coefficient (Wildman–Crippen LogP) is 5.03. The molecule has 4 aromatic rings. The first kappa shape index (κ1) is 23.6. The summed E-state index contributed by atoms with van der Waals surface area (Å²) in [4.78, 5) is 40.7. The smallest absolute Gasteiger partial charge is 0.337 e. The Hall–Kier alpha value is -4.10. The van der Waals surface area contributed by atoms with Crippen LogP contribution in [0.25, 0.3) is 11.0 Å². The van der Waals surface area contributed by atoms with Crippen molar-refractivity contribution in [3.05, 3.63) is 110 Å². The zero-order chi connectivity index (χ0) is 25.4. The number of hydrogen-bond donors (Lipinski definition) is 0. The Morgan fingerprint density at radius 3 is 2.39 bits per heavy atom. The average molecular weight is 504 g/mol. The summed E-state index contributed by atoms with van der Waals surface area (Å²) in [7, 11) is 2.91. The summed E-state index contributed by atoms with van der Waals surface area (Å²) in [5, 5.41) is 0.705. The van der Waals surface area contributed by atoms with E-state index in [4.69, 9.17) is 25.5 Å². The van der Waals surface area contributed by atoms with Gasteiger partial charge in [0, 0.05) is 11.6 Å². The zero-order valence-corrected chi connectivity index (χ0v) is 20.4. The molecule has 0 radical (unpaired) electrons. The van der Waals surface area contributed by atoms with Gasteiger partial charge >= 0.3 is 5.97 Å². The van der Waals surface area contributed by atoms with E-state index in [0.29, 0.717) is 40.1 Å². The molecule has 0 N–H and O–H groups in total. The van der Waals surface area contributed by atoms with E-state index in [1.807, 2.05) is 24.3 Å². The van der Waals surface area contributed by atoms with Gasteiger partial charge in [0.25, 0.3) is 5.91 Å². The molecule has 2 heterocycles. The van der Waals surface area contributed by atoms with Crippen LogP contribution in [-0.2, 0) is 11.2 Å². The highest BCUT2D eigenvalue weighted by Gasteiger charge is 2.42. The van der Waals surface area contributed by atoms with E-state index >= 15 is 0 Å². The summed E-state index contributed by atoms with van der Waals surface area (Å²) in [5.41, 5.74) is 2.31. The molecular weight excluding hydrogens is 482 g/mol. The van der Waals surface area contributed by atoms with Crippen LogP contribution in [0.4, 0.5) is 0 Å². The van der Waals surface area contributed by atoms with Gasteiger partial charge in [0.1, 0.15) is 11.3 Å². The van der Waals surface area contributed by atoms with Crippen LogP contribution in [0.2, 0.25) is 5.02 Å². The van der Waals surface area contributed by atoms with E-state index in [0.717, 1.165) is 11.3 Å². The molecule has 0 spiro atoms. The number of amides is 1. The first-order valence-electron chi connectivity index (χ1n) is 11.3. The quantitative estimate of drug-likeness (QED) is 0.343. The molecule has 36 heavy (non-hydrogen) atoms. The molecule has 0 saturated carbocycles. The van der Waals surface area contributed by atoms with Crippen LogP contribution in [0.15, 0.2) is 75.9 Å². The number of carbonyl (C=O) groups is 2. The topological polar surface area (TPSA) is 86.0 Å². The average Bonchev–Trinajstić information content (AvgIpc) is 3.19. The lowest BCUT2D eigenvalue weighted by atomic mass is 9.97. The number of hydrogen-bond acceptors (Lipinski definition) is 6. The molecular formula is C28H22ClNO6. The van der Waals surface area contributed by atoms with Crippen molar-refractivity contribution in [2.45, 2.75) is 12.5 Å². The van der Waals surface area contributed by atoms with Crippen molar-refractivity contribution in [1.82, 2.24) is 4.90 Å². The molecule has 8 heteroatoms. The minimum Gasteiger partial charge on any atom is -0.497 e. The number of benzene rings is 3. The third-order valence-corrected chi connectivity index (χ3v) is 6.61. The van der Waals surface area contributed by atoms with Crippen LogP contribution in [0.1, 0.15) is 43.6 Å². The van der Waals surface area contributed by atoms with E-state index in [-0.39, 0.29) is 22.7 Å². The molecule has 0 saturated heterocycles. The van der Waals surface area contributed by atoms with Gasteiger partial charge < -0.3 is 18.8 Å². The van der Waals surface area contributed by atoms with Crippen molar-refractivity contribution < 1.29 is 23.5 Å². The maximum absolute atomic E-state index is 13.6. The fraction of sp³-hybridized carbons (Fsp3) is 0.179. The molecule has 0 aliphatic carbocycles. The summed E-state index contributed by atoms with van der Waals surface area (Å²) in [5.74, 6) is -0.0748. The highest BCUT2D eigenvalue weighted by Crippen LogP contribution is 2.38. The maximum atomic E-state index is 13.6. The van der Waals surface area contributed by atoms with Crippen LogP contribution in [0.3, 0.4) is 0 Å². The number of halogens is 1. The lowest BCUT2D eigenvalue weighted by Crippen LogP contribution is -2.31. The van der Waals surface area contributed by atoms with Crippen LogP contribution < -0.4 is 10.2 Å². The van der Waals surface area contributed by atoms with Gasteiger partial charge in [0.15, 0.2) is 5.43 Å². The van der Waals surface area contributed by atoms with Gasteiger partial charge in [-0.05, 0) is 60.0 Å². The van der Waals surface area contributed by atoms with Crippen molar-refractivity contribution in [3.8, 4) is 5.75 Å². The molecule has 1 atom stereocenters. The van der Waals surface area contributed by atoms with Crippen molar-refractivity contribution in [1.29, 1.82) is 0 Å². The maximum Gasteiger partial charge on any atom is 0.337 e. The lowest BCUT2D eigenvalue weighted by Gasteiger charge is -2.25. The van der Waals surface area contributed by atoms with E-state index in [1.54, 1.807) is 54.5 Å². The first-order valence-corrected chi connectivity index (χ1v) is 11.7. The van der Waals surface area contributed by atoms with E-state index in [1.165, 1.54) is 7.11 Å². The second-order valence-electron chi connectivity index (χ2n) is 8.43.